The summed E-state index contributed by atoms with van der Waals surface area (Å²) in [6.07, 6.45) is 1.45. The second-order valence-electron chi connectivity index (χ2n) is 5.92. The van der Waals surface area contributed by atoms with Crippen LogP contribution in [0.5, 0.6) is 0 Å². The fourth-order valence-corrected chi connectivity index (χ4v) is 5.05. The lowest BCUT2D eigenvalue weighted by atomic mass is 10.2. The minimum absolute atomic E-state index is 0.249. The molecule has 25 heavy (non-hydrogen) atoms. The maximum atomic E-state index is 12.7. The number of thioether (sulfide) groups is 1. The highest BCUT2D eigenvalue weighted by Crippen LogP contribution is 2.26. The van der Waals surface area contributed by atoms with Crippen molar-refractivity contribution < 1.29 is 8.42 Å². The molecule has 1 fully saturated rings. The first-order valence-electron chi connectivity index (χ1n) is 7.98. The quantitative estimate of drug-likeness (QED) is 0.726. The van der Waals surface area contributed by atoms with E-state index in [2.05, 4.69) is 9.88 Å². The molecule has 2 heterocycles. The lowest BCUT2D eigenvalue weighted by molar-refractivity contribution is 0.222. The molecule has 0 amide bonds. The molecule has 0 N–H and O–H groups in total. The first-order chi connectivity index (χ1) is 12.0. The van der Waals surface area contributed by atoms with Gasteiger partial charge in [-0.2, -0.15) is 4.31 Å². The van der Waals surface area contributed by atoms with Gasteiger partial charge in [0.2, 0.25) is 10.0 Å². The van der Waals surface area contributed by atoms with Crippen molar-refractivity contribution in [3.63, 3.8) is 0 Å². The van der Waals surface area contributed by atoms with Gasteiger partial charge in [-0.05, 0) is 30.8 Å². The average Bonchev–Trinajstić information content (AvgIpc) is 2.62. The van der Waals surface area contributed by atoms with Gasteiger partial charge in [-0.15, -0.1) is 11.8 Å². The van der Waals surface area contributed by atoms with Crippen molar-refractivity contribution in [2.45, 2.75) is 15.7 Å². The van der Waals surface area contributed by atoms with E-state index in [9.17, 15) is 8.42 Å². The highest BCUT2D eigenvalue weighted by molar-refractivity contribution is 7.98. The zero-order valence-electron chi connectivity index (χ0n) is 13.9. The van der Waals surface area contributed by atoms with Crippen LogP contribution in [-0.4, -0.2) is 55.8 Å². The summed E-state index contributed by atoms with van der Waals surface area (Å²) in [7, 11) is -1.47. The highest BCUT2D eigenvalue weighted by atomic mass is 35.5. The number of sulfonamides is 1. The lowest BCUT2D eigenvalue weighted by Crippen LogP contribution is -2.47. The molecule has 1 saturated heterocycles. The van der Waals surface area contributed by atoms with E-state index in [0.29, 0.717) is 18.8 Å². The van der Waals surface area contributed by atoms with E-state index < -0.39 is 10.0 Å². The summed E-state index contributed by atoms with van der Waals surface area (Å²) in [4.78, 5) is 6.68. The zero-order valence-corrected chi connectivity index (χ0v) is 16.3. The molecule has 1 aliphatic rings. The van der Waals surface area contributed by atoms with Crippen LogP contribution in [0.1, 0.15) is 5.56 Å². The molecule has 1 aromatic carbocycles. The van der Waals surface area contributed by atoms with Gasteiger partial charge in [-0.1, -0.05) is 29.8 Å². The summed E-state index contributed by atoms with van der Waals surface area (Å²) in [5.74, 6) is 0.692. The van der Waals surface area contributed by atoms with Crippen molar-refractivity contribution >= 4 is 33.4 Å². The molecule has 0 atom stereocenters. The molecule has 0 radical (unpaired) electrons. The van der Waals surface area contributed by atoms with Crippen LogP contribution in [0.4, 0.5) is 0 Å². The fourth-order valence-electron chi connectivity index (χ4n) is 2.55. The molecule has 0 unspecified atom stereocenters. The molecule has 134 valence electrons. The lowest BCUT2D eigenvalue weighted by Gasteiger charge is -2.31. The van der Waals surface area contributed by atoms with Crippen LogP contribution < -0.4 is 0 Å². The number of rotatable bonds is 5. The molecule has 5 nitrogen and oxygen atoms in total. The van der Waals surface area contributed by atoms with Gasteiger partial charge in [0.1, 0.15) is 4.90 Å². The van der Waals surface area contributed by atoms with Crippen molar-refractivity contribution in [2.75, 3.05) is 33.2 Å². The van der Waals surface area contributed by atoms with Gasteiger partial charge < -0.3 is 4.90 Å². The number of pyridine rings is 1. The van der Waals surface area contributed by atoms with Crippen LogP contribution in [0.15, 0.2) is 52.5 Å². The SMILES string of the molecule is CN1CCN(S(=O)(=O)c2ccc(SCc3ccccc3Cl)nc2)CC1. The summed E-state index contributed by atoms with van der Waals surface area (Å²) in [5, 5.41) is 1.50. The van der Waals surface area contributed by atoms with E-state index in [1.807, 2.05) is 31.3 Å². The molecule has 0 aliphatic carbocycles. The number of hydrogen-bond acceptors (Lipinski definition) is 5. The van der Waals surface area contributed by atoms with Crippen LogP contribution in [0, 0.1) is 0 Å². The smallest absolute Gasteiger partial charge is 0.244 e. The monoisotopic (exact) mass is 397 g/mol. The maximum Gasteiger partial charge on any atom is 0.244 e. The number of aromatic nitrogens is 1. The molecule has 2 aromatic rings. The van der Waals surface area contributed by atoms with Gasteiger partial charge >= 0.3 is 0 Å². The Morgan fingerprint density at radius 1 is 1.12 bits per heavy atom. The number of piperazine rings is 1. The molecular weight excluding hydrogens is 378 g/mol. The minimum atomic E-state index is -3.46. The molecule has 0 saturated carbocycles. The normalized spacial score (nSPS) is 16.9. The topological polar surface area (TPSA) is 53.5 Å². The average molecular weight is 398 g/mol. The molecule has 0 bridgehead atoms. The van der Waals surface area contributed by atoms with Crippen molar-refractivity contribution in [2.24, 2.45) is 0 Å². The van der Waals surface area contributed by atoms with Crippen LogP contribution in [0.2, 0.25) is 5.02 Å². The summed E-state index contributed by atoms with van der Waals surface area (Å²) < 4.78 is 26.9. The van der Waals surface area contributed by atoms with E-state index in [1.165, 1.54) is 22.3 Å². The van der Waals surface area contributed by atoms with Gasteiger partial charge in [-0.25, -0.2) is 13.4 Å². The summed E-state index contributed by atoms with van der Waals surface area (Å²) in [5.41, 5.74) is 1.03. The van der Waals surface area contributed by atoms with Crippen molar-refractivity contribution in [3.05, 3.63) is 53.2 Å². The Morgan fingerprint density at radius 2 is 1.84 bits per heavy atom. The summed E-state index contributed by atoms with van der Waals surface area (Å²) in [6.45, 7) is 2.53. The molecule has 0 spiro atoms. The highest BCUT2D eigenvalue weighted by Gasteiger charge is 2.27. The Labute approximate surface area is 158 Å². The third kappa shape index (κ3) is 4.54. The number of benzene rings is 1. The Hall–Kier alpha value is -1.12. The van der Waals surface area contributed by atoms with Crippen LogP contribution in [-0.2, 0) is 15.8 Å². The summed E-state index contributed by atoms with van der Waals surface area (Å²) in [6, 6.07) is 11.1. The molecular formula is C17H20ClN3O2S2. The van der Waals surface area contributed by atoms with Crippen LogP contribution in [0.3, 0.4) is 0 Å². The second kappa shape index (κ2) is 8.05. The largest absolute Gasteiger partial charge is 0.304 e. The Kier molecular flexibility index (Phi) is 6.01. The molecule has 3 rings (SSSR count). The van der Waals surface area contributed by atoms with Gasteiger partial charge in [0.25, 0.3) is 0 Å². The van der Waals surface area contributed by atoms with Gasteiger partial charge in [-0.3, -0.25) is 0 Å². The van der Waals surface area contributed by atoms with Crippen LogP contribution >= 0.6 is 23.4 Å². The molecule has 1 aliphatic heterocycles. The predicted molar refractivity (Wildman–Crippen MR) is 102 cm³/mol. The van der Waals surface area contributed by atoms with E-state index >= 15 is 0 Å². The Morgan fingerprint density at radius 3 is 2.48 bits per heavy atom. The van der Waals surface area contributed by atoms with Crippen LogP contribution in [0.25, 0.3) is 0 Å². The van der Waals surface area contributed by atoms with E-state index in [-0.39, 0.29) is 4.90 Å². The third-order valence-electron chi connectivity index (χ3n) is 4.14. The number of nitrogens with zero attached hydrogens (tertiary/aromatic N) is 3. The second-order valence-corrected chi connectivity index (χ2v) is 9.26. The number of likely N-dealkylation sites (N-methyl/N-ethyl adjacent to an activating group) is 1. The standard InChI is InChI=1S/C17H20ClN3O2S2/c1-20-8-10-21(11-9-20)25(22,23)15-6-7-17(19-12-15)24-13-14-4-2-3-5-16(14)18/h2-7,12H,8-11,13H2,1H3. The predicted octanol–water partition coefficient (Wildman–Crippen LogP) is 2.96. The van der Waals surface area contributed by atoms with Crippen molar-refractivity contribution in [1.29, 1.82) is 0 Å². The van der Waals surface area contributed by atoms with E-state index in [1.54, 1.807) is 12.1 Å². The Balaban J connectivity index is 1.66. The van der Waals surface area contributed by atoms with Crippen molar-refractivity contribution in [1.82, 2.24) is 14.2 Å². The van der Waals surface area contributed by atoms with Gasteiger partial charge in [0.15, 0.2) is 0 Å². The molecule has 1 aromatic heterocycles. The molecule has 8 heteroatoms. The Bertz CT molecular complexity index is 820. The number of halogens is 1. The first-order valence-corrected chi connectivity index (χ1v) is 10.8. The van der Waals surface area contributed by atoms with Crippen molar-refractivity contribution in [3.8, 4) is 0 Å². The first kappa shape index (κ1) is 18.7. The van der Waals surface area contributed by atoms with Gasteiger partial charge in [0, 0.05) is 43.2 Å². The van der Waals surface area contributed by atoms with E-state index in [0.717, 1.165) is 28.7 Å². The fraction of sp³-hybridized carbons (Fsp3) is 0.353. The van der Waals surface area contributed by atoms with E-state index in [4.69, 9.17) is 11.6 Å². The minimum Gasteiger partial charge on any atom is -0.304 e. The maximum absolute atomic E-state index is 12.7. The number of hydrogen-bond donors (Lipinski definition) is 0. The summed E-state index contributed by atoms with van der Waals surface area (Å²) >= 11 is 7.68. The van der Waals surface area contributed by atoms with Gasteiger partial charge in [0.05, 0.1) is 5.03 Å². The third-order valence-corrected chi connectivity index (χ3v) is 7.39. The zero-order chi connectivity index (χ0) is 17.9.